The van der Waals surface area contributed by atoms with Gasteiger partial charge >= 0.3 is 0 Å². The van der Waals surface area contributed by atoms with Gasteiger partial charge in [-0.1, -0.05) is 11.6 Å². The van der Waals surface area contributed by atoms with Crippen LogP contribution in [0.4, 0.5) is 10.1 Å². The number of nitrogen functional groups attached to an aromatic ring is 1. The number of aliphatic hydroxyl groups excluding tert-OH is 1. The minimum absolute atomic E-state index is 0.0852. The molecule has 3 N–H and O–H groups in total. The molecule has 0 aliphatic carbocycles. The van der Waals surface area contributed by atoms with Crippen molar-refractivity contribution in [2.75, 3.05) is 18.8 Å². The van der Waals surface area contributed by atoms with Crippen molar-refractivity contribution in [2.45, 2.75) is 23.8 Å². The topological polar surface area (TPSA) is 83.6 Å². The fourth-order valence-electron chi connectivity index (χ4n) is 1.99. The van der Waals surface area contributed by atoms with E-state index in [9.17, 15) is 17.9 Å². The molecule has 2 rings (SSSR count). The summed E-state index contributed by atoms with van der Waals surface area (Å²) in [6.07, 6.45) is 0.147. The van der Waals surface area contributed by atoms with E-state index in [-0.39, 0.29) is 23.8 Å². The van der Waals surface area contributed by atoms with E-state index in [2.05, 4.69) is 0 Å². The molecule has 1 saturated heterocycles. The van der Waals surface area contributed by atoms with Crippen molar-refractivity contribution in [1.29, 1.82) is 0 Å². The maximum Gasteiger partial charge on any atom is 0.246 e. The van der Waals surface area contributed by atoms with Gasteiger partial charge in [-0.25, -0.2) is 12.8 Å². The fourth-order valence-corrected chi connectivity index (χ4v) is 3.87. The van der Waals surface area contributed by atoms with Crippen LogP contribution >= 0.6 is 11.6 Å². The summed E-state index contributed by atoms with van der Waals surface area (Å²) in [5, 5.41) is 9.05. The zero-order chi connectivity index (χ0) is 14.2. The molecular weight excluding hydrogens is 295 g/mol. The maximum absolute atomic E-state index is 13.9. The normalized spacial score (nSPS) is 18.7. The van der Waals surface area contributed by atoms with E-state index >= 15 is 0 Å². The number of hydrogen-bond acceptors (Lipinski definition) is 4. The number of halogens is 2. The Balaban J connectivity index is 2.40. The van der Waals surface area contributed by atoms with E-state index in [1.54, 1.807) is 0 Å². The lowest BCUT2D eigenvalue weighted by molar-refractivity contribution is 0.113. The quantitative estimate of drug-likeness (QED) is 0.804. The third-order valence-corrected chi connectivity index (χ3v) is 5.23. The summed E-state index contributed by atoms with van der Waals surface area (Å²) in [7, 11) is -3.98. The van der Waals surface area contributed by atoms with E-state index in [4.69, 9.17) is 17.3 Å². The molecule has 1 aliphatic rings. The number of sulfonamides is 1. The molecule has 0 atom stereocenters. The van der Waals surface area contributed by atoms with Gasteiger partial charge in [0.25, 0.3) is 0 Å². The average Bonchev–Trinajstić information content (AvgIpc) is 2.34. The van der Waals surface area contributed by atoms with E-state index in [0.29, 0.717) is 12.8 Å². The fraction of sp³-hybridized carbons (Fsp3) is 0.455. The highest BCUT2D eigenvalue weighted by molar-refractivity contribution is 7.89. The van der Waals surface area contributed by atoms with Crippen LogP contribution in [0.3, 0.4) is 0 Å². The summed E-state index contributed by atoms with van der Waals surface area (Å²) in [6, 6.07) is 2.22. The second-order valence-electron chi connectivity index (χ2n) is 4.45. The van der Waals surface area contributed by atoms with E-state index in [0.717, 1.165) is 16.4 Å². The molecule has 1 heterocycles. The van der Waals surface area contributed by atoms with Crippen LogP contribution in [0, 0.1) is 5.82 Å². The lowest BCUT2D eigenvalue weighted by atomic mass is 10.1. The number of nitrogens with two attached hydrogens (primary N) is 1. The summed E-state index contributed by atoms with van der Waals surface area (Å²) in [6.45, 7) is 0.296. The molecule has 8 heteroatoms. The molecule has 0 amide bonds. The molecule has 1 aromatic carbocycles. The second kappa shape index (κ2) is 5.24. The molecular formula is C11H14ClFN2O3S. The van der Waals surface area contributed by atoms with Crippen LogP contribution in [-0.4, -0.2) is 37.0 Å². The molecule has 0 radical (unpaired) electrons. The van der Waals surface area contributed by atoms with Crippen molar-refractivity contribution in [3.63, 3.8) is 0 Å². The highest BCUT2D eigenvalue weighted by atomic mass is 35.5. The Morgan fingerprint density at radius 1 is 1.37 bits per heavy atom. The minimum Gasteiger partial charge on any atom is -0.399 e. The van der Waals surface area contributed by atoms with Gasteiger partial charge in [0.1, 0.15) is 4.90 Å². The zero-order valence-electron chi connectivity index (χ0n) is 10.0. The molecule has 1 aliphatic heterocycles. The van der Waals surface area contributed by atoms with Crippen molar-refractivity contribution in [2.24, 2.45) is 0 Å². The number of anilines is 1. The zero-order valence-corrected chi connectivity index (χ0v) is 11.6. The van der Waals surface area contributed by atoms with Crippen LogP contribution in [0.5, 0.6) is 0 Å². The number of rotatable bonds is 2. The SMILES string of the molecule is Nc1cc(Cl)c(F)c(S(=O)(=O)N2CCC(O)CC2)c1. The van der Waals surface area contributed by atoms with Gasteiger partial charge in [0.15, 0.2) is 5.82 Å². The number of piperidine rings is 1. The standard InChI is InChI=1S/C11H14ClFN2O3S/c12-9-5-7(14)6-10(11(9)13)19(17,18)15-3-1-8(16)2-4-15/h5-6,8,16H,1-4,14H2. The van der Waals surface area contributed by atoms with Crippen LogP contribution < -0.4 is 5.73 Å². The van der Waals surface area contributed by atoms with E-state index in [1.807, 2.05) is 0 Å². The average molecular weight is 309 g/mol. The van der Waals surface area contributed by atoms with E-state index in [1.165, 1.54) is 0 Å². The first-order valence-corrected chi connectivity index (χ1v) is 7.57. The molecule has 5 nitrogen and oxygen atoms in total. The first-order valence-electron chi connectivity index (χ1n) is 5.75. The summed E-state index contributed by atoms with van der Waals surface area (Å²) in [5.41, 5.74) is 5.59. The molecule has 19 heavy (non-hydrogen) atoms. The van der Waals surface area contributed by atoms with Gasteiger partial charge in [-0.2, -0.15) is 4.31 Å². The third kappa shape index (κ3) is 2.84. The summed E-state index contributed by atoms with van der Waals surface area (Å²) in [4.78, 5) is -0.520. The maximum atomic E-state index is 13.9. The highest BCUT2D eigenvalue weighted by Crippen LogP contribution is 2.29. The van der Waals surface area contributed by atoms with Gasteiger partial charge in [-0.05, 0) is 25.0 Å². The third-order valence-electron chi connectivity index (χ3n) is 3.06. The van der Waals surface area contributed by atoms with Crippen molar-refractivity contribution in [3.05, 3.63) is 23.0 Å². The summed E-state index contributed by atoms with van der Waals surface area (Å²) >= 11 is 5.61. The van der Waals surface area contributed by atoms with Crippen molar-refractivity contribution in [3.8, 4) is 0 Å². The minimum atomic E-state index is -3.98. The Kier molecular flexibility index (Phi) is 4.00. The summed E-state index contributed by atoms with van der Waals surface area (Å²) in [5.74, 6) is -0.998. The van der Waals surface area contributed by atoms with Crippen LogP contribution in [0.2, 0.25) is 5.02 Å². The van der Waals surface area contributed by atoms with Crippen LogP contribution in [0.1, 0.15) is 12.8 Å². The Bertz CT molecular complexity index is 586. The molecule has 0 aromatic heterocycles. The van der Waals surface area contributed by atoms with Gasteiger partial charge in [-0.15, -0.1) is 0 Å². The molecule has 0 unspecified atom stereocenters. The van der Waals surface area contributed by atoms with Gasteiger partial charge in [-0.3, -0.25) is 0 Å². The van der Waals surface area contributed by atoms with Gasteiger partial charge in [0.2, 0.25) is 10.0 Å². The molecule has 1 aromatic rings. The van der Waals surface area contributed by atoms with Gasteiger partial charge in [0.05, 0.1) is 11.1 Å². The van der Waals surface area contributed by atoms with Crippen molar-refractivity contribution < 1.29 is 17.9 Å². The number of nitrogens with zero attached hydrogens (tertiary/aromatic N) is 1. The first kappa shape index (κ1) is 14.5. The molecule has 0 bridgehead atoms. The number of aliphatic hydroxyl groups is 1. The summed E-state index contributed by atoms with van der Waals surface area (Å²) < 4.78 is 39.6. The predicted molar refractivity (Wildman–Crippen MR) is 69.8 cm³/mol. The number of hydrogen-bond donors (Lipinski definition) is 2. The number of benzene rings is 1. The Labute approximate surface area is 115 Å². The molecule has 1 fully saturated rings. The first-order chi connectivity index (χ1) is 8.82. The van der Waals surface area contributed by atoms with Crippen LogP contribution in [-0.2, 0) is 10.0 Å². The smallest absolute Gasteiger partial charge is 0.246 e. The van der Waals surface area contributed by atoms with E-state index < -0.39 is 26.8 Å². The Morgan fingerprint density at radius 3 is 2.53 bits per heavy atom. The second-order valence-corrected chi connectivity index (χ2v) is 6.76. The van der Waals surface area contributed by atoms with Crippen molar-refractivity contribution >= 4 is 27.3 Å². The van der Waals surface area contributed by atoms with Crippen LogP contribution in [0.25, 0.3) is 0 Å². The Hall–Kier alpha value is -0.890. The highest BCUT2D eigenvalue weighted by Gasteiger charge is 2.31. The molecule has 0 spiro atoms. The van der Waals surface area contributed by atoms with Gasteiger partial charge in [0, 0.05) is 18.8 Å². The molecule has 106 valence electrons. The van der Waals surface area contributed by atoms with Crippen molar-refractivity contribution in [1.82, 2.24) is 4.31 Å². The monoisotopic (exact) mass is 308 g/mol. The lowest BCUT2D eigenvalue weighted by Gasteiger charge is -2.28. The van der Waals surface area contributed by atoms with Gasteiger partial charge < -0.3 is 10.8 Å². The Morgan fingerprint density at radius 2 is 1.95 bits per heavy atom. The predicted octanol–water partition coefficient (Wildman–Crippen LogP) is 1.21. The van der Waals surface area contributed by atoms with Crippen LogP contribution in [0.15, 0.2) is 17.0 Å². The molecule has 0 saturated carbocycles. The lowest BCUT2D eigenvalue weighted by Crippen LogP contribution is -2.40. The largest absolute Gasteiger partial charge is 0.399 e.